The highest BCUT2D eigenvalue weighted by Gasteiger charge is 2.58. The van der Waals surface area contributed by atoms with Crippen molar-refractivity contribution in [3.63, 3.8) is 0 Å². The summed E-state index contributed by atoms with van der Waals surface area (Å²) in [5.41, 5.74) is 1.02. The van der Waals surface area contributed by atoms with Crippen LogP contribution in [0.1, 0.15) is 18.9 Å². The van der Waals surface area contributed by atoms with Crippen molar-refractivity contribution in [2.75, 3.05) is 33.9 Å². The van der Waals surface area contributed by atoms with E-state index in [1.54, 1.807) is 14.2 Å². The van der Waals surface area contributed by atoms with Crippen LogP contribution in [0.5, 0.6) is 11.5 Å². The van der Waals surface area contributed by atoms with E-state index < -0.39 is 0 Å². The second-order valence-electron chi connectivity index (χ2n) is 8.10. The molecule has 4 atom stereocenters. The minimum absolute atomic E-state index is 0. The average Bonchev–Trinajstić information content (AvgIpc) is 3.46. The molecule has 2 aliphatic carbocycles. The monoisotopic (exact) mass is 554 g/mol. The van der Waals surface area contributed by atoms with Crippen molar-refractivity contribution < 1.29 is 19.1 Å². The van der Waals surface area contributed by atoms with Crippen molar-refractivity contribution in [1.82, 2.24) is 15.5 Å². The van der Waals surface area contributed by atoms with Crippen LogP contribution in [0.3, 0.4) is 0 Å². The highest BCUT2D eigenvalue weighted by molar-refractivity contribution is 14.0. The quantitative estimate of drug-likeness (QED) is 0.168. The second-order valence-corrected chi connectivity index (χ2v) is 8.10. The van der Waals surface area contributed by atoms with Crippen molar-refractivity contribution in [1.29, 1.82) is 0 Å². The Balaban J connectivity index is 0.00000289. The van der Waals surface area contributed by atoms with Crippen LogP contribution < -0.4 is 20.1 Å². The number of rotatable bonds is 8. The number of ether oxygens (including phenoxy) is 2. The zero-order valence-electron chi connectivity index (χ0n) is 18.7. The Bertz CT molecular complexity index is 889. The molecule has 174 valence electrons. The number of hydrogen-bond acceptors (Lipinski definition) is 5. The van der Waals surface area contributed by atoms with E-state index in [2.05, 4.69) is 27.8 Å². The van der Waals surface area contributed by atoms with Gasteiger partial charge in [0.15, 0.2) is 17.5 Å². The standard InChI is InChI=1S/C23H30N4O4.HI/c1-4-31-18-11-14(5-8-17(18)30-3)13-26-23(24-2)25-9-10-27-21(28)19-15-6-7-16(12-15)20(19)22(27)29;/h5-8,11,15-16,19-20H,4,9-10,12-13H2,1-3H3,(H2,24,25,26);1H. The number of guanidine groups is 1. The molecule has 4 rings (SSSR count). The number of nitrogens with one attached hydrogen (secondary N) is 2. The third kappa shape index (κ3) is 4.57. The number of fused-ring (bicyclic) bond motifs is 5. The molecule has 9 heteroatoms. The number of methoxy groups -OCH3 is 1. The van der Waals surface area contributed by atoms with Crippen LogP contribution in [0.25, 0.3) is 0 Å². The number of carbonyl (C=O) groups excluding carboxylic acids is 2. The van der Waals surface area contributed by atoms with E-state index in [0.717, 1.165) is 12.0 Å². The van der Waals surface area contributed by atoms with Gasteiger partial charge in [-0.3, -0.25) is 19.5 Å². The van der Waals surface area contributed by atoms with Crippen LogP contribution in [0.4, 0.5) is 0 Å². The first-order chi connectivity index (χ1) is 15.1. The van der Waals surface area contributed by atoms with Crippen LogP contribution in [0.15, 0.2) is 35.3 Å². The molecule has 2 N–H and O–H groups in total. The Morgan fingerprint density at radius 3 is 2.41 bits per heavy atom. The number of amides is 2. The highest BCUT2D eigenvalue weighted by atomic mass is 127. The van der Waals surface area contributed by atoms with Gasteiger partial charge in [-0.1, -0.05) is 18.2 Å². The second kappa shape index (κ2) is 10.5. The molecule has 32 heavy (non-hydrogen) atoms. The third-order valence-corrected chi connectivity index (χ3v) is 6.40. The SMILES string of the molecule is CCOc1cc(CNC(=NC)NCCN2C(=O)C3C4C=CC(C4)C3C2=O)ccc1OC.I. The smallest absolute Gasteiger partial charge is 0.233 e. The van der Waals surface area contributed by atoms with Gasteiger partial charge in [-0.05, 0) is 42.9 Å². The van der Waals surface area contributed by atoms with Crippen LogP contribution in [0.2, 0.25) is 0 Å². The fraction of sp³-hybridized carbons (Fsp3) is 0.522. The predicted molar refractivity (Wildman–Crippen MR) is 132 cm³/mol. The molecule has 0 spiro atoms. The Kier molecular flexibility index (Phi) is 8.02. The number of benzene rings is 1. The number of hydrogen-bond donors (Lipinski definition) is 2. The largest absolute Gasteiger partial charge is 0.493 e. The summed E-state index contributed by atoms with van der Waals surface area (Å²) in [5.74, 6) is 2.17. The maximum Gasteiger partial charge on any atom is 0.233 e. The van der Waals surface area contributed by atoms with Gasteiger partial charge in [0, 0.05) is 26.7 Å². The maximum atomic E-state index is 12.8. The van der Waals surface area contributed by atoms with Crippen molar-refractivity contribution in [2.45, 2.75) is 19.9 Å². The summed E-state index contributed by atoms with van der Waals surface area (Å²) in [7, 11) is 3.31. The van der Waals surface area contributed by atoms with Crippen LogP contribution >= 0.6 is 24.0 Å². The predicted octanol–water partition coefficient (Wildman–Crippen LogP) is 2.18. The number of halogens is 1. The van der Waals surface area contributed by atoms with E-state index in [4.69, 9.17) is 9.47 Å². The van der Waals surface area contributed by atoms with E-state index in [0.29, 0.717) is 43.7 Å². The number of allylic oxidation sites excluding steroid dienone is 2. The number of likely N-dealkylation sites (tertiary alicyclic amines) is 1. The van der Waals surface area contributed by atoms with Crippen LogP contribution in [0, 0.1) is 23.7 Å². The van der Waals surface area contributed by atoms with Crippen molar-refractivity contribution in [2.24, 2.45) is 28.7 Å². The molecule has 1 heterocycles. The van der Waals surface area contributed by atoms with Crippen molar-refractivity contribution in [3.05, 3.63) is 35.9 Å². The molecule has 2 fully saturated rings. The summed E-state index contributed by atoms with van der Waals surface area (Å²) < 4.78 is 10.9. The fourth-order valence-corrected chi connectivity index (χ4v) is 4.98. The Labute approximate surface area is 205 Å². The van der Waals surface area contributed by atoms with Crippen LogP contribution in [-0.4, -0.2) is 56.5 Å². The molecule has 1 aliphatic heterocycles. The van der Waals surface area contributed by atoms with E-state index in [1.807, 2.05) is 25.1 Å². The zero-order chi connectivity index (χ0) is 22.0. The molecular formula is C23H31IN4O4. The zero-order valence-corrected chi connectivity index (χ0v) is 21.0. The molecule has 1 aromatic carbocycles. The number of aliphatic imine (C=N–C) groups is 1. The lowest BCUT2D eigenvalue weighted by Crippen LogP contribution is -2.43. The molecule has 8 nitrogen and oxygen atoms in total. The third-order valence-electron chi connectivity index (χ3n) is 6.40. The van der Waals surface area contributed by atoms with Gasteiger partial charge in [0.05, 0.1) is 25.6 Å². The maximum absolute atomic E-state index is 12.8. The lowest BCUT2D eigenvalue weighted by atomic mass is 9.85. The molecule has 3 aliphatic rings. The molecule has 0 aromatic heterocycles. The highest BCUT2D eigenvalue weighted by Crippen LogP contribution is 2.52. The molecule has 2 bridgehead atoms. The molecule has 2 amide bonds. The van der Waals surface area contributed by atoms with E-state index in [1.165, 1.54) is 4.90 Å². The molecule has 1 saturated carbocycles. The summed E-state index contributed by atoms with van der Waals surface area (Å²) in [4.78, 5) is 31.2. The van der Waals surface area contributed by atoms with Gasteiger partial charge in [0.2, 0.25) is 11.8 Å². The Hall–Kier alpha value is -2.30. The molecule has 0 radical (unpaired) electrons. The van der Waals surface area contributed by atoms with Gasteiger partial charge < -0.3 is 20.1 Å². The number of carbonyl (C=O) groups is 2. The minimum atomic E-state index is -0.144. The number of imide groups is 1. The van der Waals surface area contributed by atoms with Crippen LogP contribution in [-0.2, 0) is 16.1 Å². The first-order valence-electron chi connectivity index (χ1n) is 10.8. The van der Waals surface area contributed by atoms with Gasteiger partial charge in [0.25, 0.3) is 0 Å². The van der Waals surface area contributed by atoms with Gasteiger partial charge in [-0.25, -0.2) is 0 Å². The average molecular weight is 554 g/mol. The van der Waals surface area contributed by atoms with Gasteiger partial charge in [0.1, 0.15) is 0 Å². The van der Waals surface area contributed by atoms with Crippen molar-refractivity contribution >= 4 is 41.8 Å². The number of nitrogens with zero attached hydrogens (tertiary/aromatic N) is 2. The van der Waals surface area contributed by atoms with E-state index in [9.17, 15) is 9.59 Å². The van der Waals surface area contributed by atoms with Gasteiger partial charge >= 0.3 is 0 Å². The first-order valence-corrected chi connectivity index (χ1v) is 10.8. The summed E-state index contributed by atoms with van der Waals surface area (Å²) in [6.07, 6.45) is 5.17. The summed E-state index contributed by atoms with van der Waals surface area (Å²) >= 11 is 0. The summed E-state index contributed by atoms with van der Waals surface area (Å²) in [5, 5.41) is 6.44. The normalized spacial score (nSPS) is 25.6. The minimum Gasteiger partial charge on any atom is -0.493 e. The lowest BCUT2D eigenvalue weighted by Gasteiger charge is -2.19. The Morgan fingerprint density at radius 2 is 1.81 bits per heavy atom. The van der Waals surface area contributed by atoms with Crippen molar-refractivity contribution in [3.8, 4) is 11.5 Å². The Morgan fingerprint density at radius 1 is 1.12 bits per heavy atom. The van der Waals surface area contributed by atoms with Gasteiger partial charge in [-0.2, -0.15) is 0 Å². The van der Waals surface area contributed by atoms with E-state index >= 15 is 0 Å². The molecule has 4 unspecified atom stereocenters. The van der Waals surface area contributed by atoms with E-state index in [-0.39, 0.29) is 59.5 Å². The molecular weight excluding hydrogens is 523 g/mol. The first kappa shape index (κ1) is 24.3. The lowest BCUT2D eigenvalue weighted by molar-refractivity contribution is -0.140. The fourth-order valence-electron chi connectivity index (χ4n) is 4.98. The summed E-state index contributed by atoms with van der Waals surface area (Å²) in [6, 6.07) is 5.78. The molecule has 1 saturated heterocycles. The van der Waals surface area contributed by atoms with Gasteiger partial charge in [-0.15, -0.1) is 24.0 Å². The summed E-state index contributed by atoms with van der Waals surface area (Å²) in [6.45, 7) is 3.84. The topological polar surface area (TPSA) is 92.3 Å². The molecule has 1 aromatic rings.